The average molecular weight is 700 g/mol. The minimum atomic E-state index is -4.41. The van der Waals surface area contributed by atoms with E-state index in [1.54, 1.807) is 31.2 Å². The van der Waals surface area contributed by atoms with Gasteiger partial charge in [-0.1, -0.05) is 25.1 Å². The molecule has 0 radical (unpaired) electrons. The maximum absolute atomic E-state index is 14.3. The number of benzene rings is 2. The Morgan fingerprint density at radius 2 is 1.80 bits per heavy atom. The molecule has 0 bridgehead atoms. The third-order valence-corrected chi connectivity index (χ3v) is 10.9. The molecule has 10 nitrogen and oxygen atoms in total. The quantitative estimate of drug-likeness (QED) is 0.161. The molecule has 0 N–H and O–H groups in total. The smallest absolute Gasteiger partial charge is 0.416 e. The van der Waals surface area contributed by atoms with Gasteiger partial charge in [0.05, 0.1) is 32.0 Å². The SMILES string of the molecule is CCN(C)[C@H]1C[C@@H](c2cccc(C(F)(F)F)c2)CC[C@@H]1Oc1ccc(S(=O)(=O)N(Cc2ccc(OC)cc2OC)c2ccncn2)c(C)n1. The Bertz CT molecular complexity index is 1850. The van der Waals surface area contributed by atoms with Crippen LogP contribution in [0.4, 0.5) is 19.0 Å². The first-order chi connectivity index (χ1) is 23.3. The molecule has 4 aromatic rings. The van der Waals surface area contributed by atoms with Crippen molar-refractivity contribution < 1.29 is 35.8 Å². The predicted octanol–water partition coefficient (Wildman–Crippen LogP) is 6.65. The van der Waals surface area contributed by atoms with Crippen molar-refractivity contribution in [2.24, 2.45) is 0 Å². The molecule has 3 atom stereocenters. The van der Waals surface area contributed by atoms with E-state index in [1.165, 1.54) is 61.4 Å². The summed E-state index contributed by atoms with van der Waals surface area (Å²) in [5.74, 6) is 1.36. The van der Waals surface area contributed by atoms with Gasteiger partial charge < -0.3 is 14.2 Å². The lowest BCUT2D eigenvalue weighted by atomic mass is 9.79. The number of sulfonamides is 1. The molecule has 1 aliphatic rings. The van der Waals surface area contributed by atoms with E-state index in [1.807, 2.05) is 14.0 Å². The van der Waals surface area contributed by atoms with Crippen LogP contribution in [0.5, 0.6) is 17.4 Å². The summed E-state index contributed by atoms with van der Waals surface area (Å²) in [7, 11) is 0.784. The van der Waals surface area contributed by atoms with E-state index in [-0.39, 0.29) is 46.9 Å². The molecule has 262 valence electrons. The Balaban J connectivity index is 1.39. The number of rotatable bonds is 12. The summed E-state index contributed by atoms with van der Waals surface area (Å²) in [5.41, 5.74) is 0.825. The van der Waals surface area contributed by atoms with E-state index in [4.69, 9.17) is 14.2 Å². The summed E-state index contributed by atoms with van der Waals surface area (Å²) >= 11 is 0. The number of pyridine rings is 1. The van der Waals surface area contributed by atoms with Gasteiger partial charge >= 0.3 is 6.18 Å². The molecule has 1 fully saturated rings. The van der Waals surface area contributed by atoms with Gasteiger partial charge in [0.2, 0.25) is 5.88 Å². The summed E-state index contributed by atoms with van der Waals surface area (Å²) in [6.45, 7) is 4.23. The Labute approximate surface area is 284 Å². The number of nitrogens with zero attached hydrogens (tertiary/aromatic N) is 5. The minimum Gasteiger partial charge on any atom is -0.497 e. The van der Waals surface area contributed by atoms with Gasteiger partial charge in [0.25, 0.3) is 10.0 Å². The van der Waals surface area contributed by atoms with E-state index in [9.17, 15) is 21.6 Å². The van der Waals surface area contributed by atoms with Crippen LogP contribution < -0.4 is 18.5 Å². The van der Waals surface area contributed by atoms with Gasteiger partial charge in [-0.15, -0.1) is 0 Å². The van der Waals surface area contributed by atoms with Gasteiger partial charge in [-0.05, 0) is 75.5 Å². The van der Waals surface area contributed by atoms with Crippen LogP contribution in [0.2, 0.25) is 0 Å². The maximum Gasteiger partial charge on any atom is 0.416 e. The standard InChI is InChI=1S/C35H40F3N5O5S/c1-6-42(3)29-19-25(24-8-7-9-27(18-24)35(36,37)38)11-13-30(29)48-34-15-14-32(23(2)41-34)49(44,45)43(33-16-17-39-22-40-33)21-26-10-12-28(46-4)20-31(26)47-5/h7-10,12,14-18,20,22,25,29-30H,6,11,13,19,21H2,1-5H3/t25-,29-,30-/m0/s1. The molecule has 1 saturated carbocycles. The second-order valence-corrected chi connectivity index (χ2v) is 13.8. The van der Waals surface area contributed by atoms with Crippen molar-refractivity contribution in [1.29, 1.82) is 0 Å². The largest absolute Gasteiger partial charge is 0.497 e. The van der Waals surface area contributed by atoms with Crippen molar-refractivity contribution >= 4 is 15.8 Å². The molecule has 2 aromatic heterocycles. The van der Waals surface area contributed by atoms with Crippen LogP contribution in [0.15, 0.2) is 78.1 Å². The Kier molecular flexibility index (Phi) is 11.0. The van der Waals surface area contributed by atoms with Crippen molar-refractivity contribution in [3.63, 3.8) is 0 Å². The van der Waals surface area contributed by atoms with Gasteiger partial charge in [0.1, 0.15) is 34.6 Å². The van der Waals surface area contributed by atoms with Gasteiger partial charge in [-0.25, -0.2) is 27.7 Å². The van der Waals surface area contributed by atoms with E-state index in [0.29, 0.717) is 48.4 Å². The number of methoxy groups -OCH3 is 2. The number of likely N-dealkylation sites (N-methyl/N-ethyl adjacent to an activating group) is 1. The Morgan fingerprint density at radius 1 is 1.00 bits per heavy atom. The molecule has 2 aromatic carbocycles. The monoisotopic (exact) mass is 699 g/mol. The highest BCUT2D eigenvalue weighted by Crippen LogP contribution is 2.39. The van der Waals surface area contributed by atoms with Crippen molar-refractivity contribution in [3.8, 4) is 17.4 Å². The van der Waals surface area contributed by atoms with Gasteiger partial charge in [0, 0.05) is 36.0 Å². The topological polar surface area (TPSA) is 107 Å². The number of anilines is 1. The lowest BCUT2D eigenvalue weighted by Gasteiger charge is -2.40. The first-order valence-corrected chi connectivity index (χ1v) is 17.3. The van der Waals surface area contributed by atoms with Crippen LogP contribution >= 0.6 is 0 Å². The molecule has 0 aliphatic heterocycles. The summed E-state index contributed by atoms with van der Waals surface area (Å²) in [6.07, 6.45) is -0.157. The first kappa shape index (κ1) is 35.9. The lowest BCUT2D eigenvalue weighted by Crippen LogP contribution is -2.47. The third kappa shape index (κ3) is 8.07. The van der Waals surface area contributed by atoms with E-state index in [0.717, 1.165) is 6.07 Å². The lowest BCUT2D eigenvalue weighted by molar-refractivity contribution is -0.137. The summed E-state index contributed by atoms with van der Waals surface area (Å²) in [5, 5.41) is 0. The normalized spacial score (nSPS) is 18.3. The summed E-state index contributed by atoms with van der Waals surface area (Å²) < 4.78 is 87.2. The molecule has 2 heterocycles. The van der Waals surface area contributed by atoms with Crippen molar-refractivity contribution in [1.82, 2.24) is 19.9 Å². The highest BCUT2D eigenvalue weighted by molar-refractivity contribution is 7.92. The van der Waals surface area contributed by atoms with Gasteiger partial charge in [-0.2, -0.15) is 13.2 Å². The van der Waals surface area contributed by atoms with Crippen LogP contribution in [0, 0.1) is 6.92 Å². The van der Waals surface area contributed by atoms with Crippen LogP contribution in [-0.4, -0.2) is 68.2 Å². The Hall–Kier alpha value is -4.43. The molecular formula is C35H40F3N5O5S. The first-order valence-electron chi connectivity index (χ1n) is 15.9. The molecule has 0 amide bonds. The fourth-order valence-electron chi connectivity index (χ4n) is 6.22. The predicted molar refractivity (Wildman–Crippen MR) is 178 cm³/mol. The third-order valence-electron chi connectivity index (χ3n) is 8.99. The van der Waals surface area contributed by atoms with E-state index < -0.39 is 21.8 Å². The molecule has 0 unspecified atom stereocenters. The van der Waals surface area contributed by atoms with Crippen molar-refractivity contribution in [2.75, 3.05) is 32.1 Å². The Morgan fingerprint density at radius 3 is 2.45 bits per heavy atom. The maximum atomic E-state index is 14.3. The number of hydrogen-bond acceptors (Lipinski definition) is 9. The molecule has 1 aliphatic carbocycles. The second-order valence-electron chi connectivity index (χ2n) is 11.9. The number of hydrogen-bond donors (Lipinski definition) is 0. The van der Waals surface area contributed by atoms with Gasteiger partial charge in [-0.3, -0.25) is 4.90 Å². The van der Waals surface area contributed by atoms with Crippen LogP contribution in [-0.2, 0) is 22.7 Å². The number of aryl methyl sites for hydroxylation is 1. The van der Waals surface area contributed by atoms with Crippen molar-refractivity contribution in [3.05, 3.63) is 95.6 Å². The van der Waals surface area contributed by atoms with Crippen LogP contribution in [0.3, 0.4) is 0 Å². The number of ether oxygens (including phenoxy) is 3. The minimum absolute atomic E-state index is 0.0265. The van der Waals surface area contributed by atoms with Crippen LogP contribution in [0.1, 0.15) is 54.5 Å². The van der Waals surface area contributed by atoms with E-state index in [2.05, 4.69) is 19.9 Å². The fraction of sp³-hybridized carbons (Fsp3) is 0.400. The average Bonchev–Trinajstić information content (AvgIpc) is 3.10. The van der Waals surface area contributed by atoms with Crippen LogP contribution in [0.25, 0.3) is 0 Å². The van der Waals surface area contributed by atoms with E-state index >= 15 is 0 Å². The fourth-order valence-corrected chi connectivity index (χ4v) is 7.78. The molecular weight excluding hydrogens is 659 g/mol. The molecule has 0 spiro atoms. The highest BCUT2D eigenvalue weighted by atomic mass is 32.2. The molecule has 0 saturated heterocycles. The summed E-state index contributed by atoms with van der Waals surface area (Å²) in [4.78, 5) is 14.8. The zero-order valence-electron chi connectivity index (χ0n) is 28.0. The zero-order chi connectivity index (χ0) is 35.3. The number of halogens is 3. The molecule has 14 heteroatoms. The number of alkyl halides is 3. The molecule has 49 heavy (non-hydrogen) atoms. The van der Waals surface area contributed by atoms with Crippen molar-refractivity contribution in [2.45, 2.75) is 68.8 Å². The second kappa shape index (κ2) is 15.0. The molecule has 5 rings (SSSR count). The number of aromatic nitrogens is 3. The highest BCUT2D eigenvalue weighted by Gasteiger charge is 2.37. The van der Waals surface area contributed by atoms with Gasteiger partial charge in [0.15, 0.2) is 0 Å². The zero-order valence-corrected chi connectivity index (χ0v) is 28.8. The summed E-state index contributed by atoms with van der Waals surface area (Å²) in [6, 6.07) is 15.1.